The largest absolute Gasteiger partial charge is 0.145 e. The molecule has 0 aliphatic carbocycles. The molecule has 0 aromatic carbocycles. The Morgan fingerprint density at radius 1 is 1.40 bits per heavy atom. The van der Waals surface area contributed by atoms with Gasteiger partial charge in [-0.25, -0.2) is 0 Å². The zero-order valence-corrected chi connectivity index (χ0v) is 10.8. The van der Waals surface area contributed by atoms with Gasteiger partial charge in [-0.05, 0) is 18.6 Å². The summed E-state index contributed by atoms with van der Waals surface area (Å²) in [5.74, 6) is 0. The van der Waals surface area contributed by atoms with E-state index in [4.69, 9.17) is 0 Å². The Hall–Kier alpha value is 1.16. The molecule has 1 aromatic heterocycles. The minimum Gasteiger partial charge on any atom is -0.145 e. The summed E-state index contributed by atoms with van der Waals surface area (Å²) in [5.41, 5.74) is 1.53. The molecule has 0 unspecified atom stereocenters. The second kappa shape index (κ2) is 4.25. The zero-order valence-electron chi connectivity index (χ0n) is 5.66. The van der Waals surface area contributed by atoms with Gasteiger partial charge in [0, 0.05) is 18.6 Å². The van der Waals surface area contributed by atoms with Crippen molar-refractivity contribution in [1.29, 1.82) is 0 Å². The number of alkyl halides is 2. The fraction of sp³-hybridized carbons (Fsp3) is 0.429. The van der Waals surface area contributed by atoms with Crippen LogP contribution in [0.25, 0.3) is 0 Å². The maximum atomic E-state index is 2.42. The van der Waals surface area contributed by atoms with Crippen LogP contribution in [0, 0.1) is 6.92 Å². The third kappa shape index (κ3) is 2.07. The molecule has 0 aliphatic heterocycles. The first-order chi connectivity index (χ1) is 4.77. The smallest absolute Gasteiger partial charge is 0.0344 e. The van der Waals surface area contributed by atoms with Gasteiger partial charge in [-0.1, -0.05) is 45.2 Å². The predicted octanol–water partition coefficient (Wildman–Crippen LogP) is 3.93. The van der Waals surface area contributed by atoms with E-state index in [1.54, 1.807) is 4.88 Å². The van der Waals surface area contributed by atoms with Crippen LogP contribution in [-0.4, -0.2) is 0 Å². The van der Waals surface area contributed by atoms with Crippen LogP contribution in [-0.2, 0) is 8.86 Å². The molecule has 0 amide bonds. The summed E-state index contributed by atoms with van der Waals surface area (Å²) < 4.78 is 2.31. The highest BCUT2D eigenvalue weighted by Crippen LogP contribution is 2.25. The van der Waals surface area contributed by atoms with E-state index >= 15 is 0 Å². The van der Waals surface area contributed by atoms with Crippen LogP contribution in [0.15, 0.2) is 6.07 Å². The van der Waals surface area contributed by atoms with Crippen molar-refractivity contribution in [3.63, 3.8) is 0 Å². The Bertz CT molecular complexity index is 196. The number of aryl methyl sites for hydroxylation is 1. The third-order valence-corrected chi connectivity index (χ3v) is 4.48. The van der Waals surface area contributed by atoms with Crippen molar-refractivity contribution in [1.82, 2.24) is 0 Å². The van der Waals surface area contributed by atoms with Gasteiger partial charge in [0.2, 0.25) is 0 Å². The lowest BCUT2D eigenvalue weighted by Gasteiger charge is -1.91. The highest BCUT2D eigenvalue weighted by Gasteiger charge is 2.02. The molecular formula is C7H8I2S. The molecular weight excluding hydrogens is 370 g/mol. The van der Waals surface area contributed by atoms with Crippen molar-refractivity contribution in [3.8, 4) is 0 Å². The lowest BCUT2D eigenvalue weighted by molar-refractivity contribution is 1.41. The Morgan fingerprint density at radius 2 is 2.10 bits per heavy atom. The average Bonchev–Trinajstić information content (AvgIpc) is 2.30. The Labute approximate surface area is 92.7 Å². The van der Waals surface area contributed by atoms with E-state index < -0.39 is 0 Å². The molecule has 0 spiro atoms. The van der Waals surface area contributed by atoms with Gasteiger partial charge in [0.05, 0.1) is 0 Å². The van der Waals surface area contributed by atoms with Crippen LogP contribution in [0.5, 0.6) is 0 Å². The van der Waals surface area contributed by atoms with E-state index in [9.17, 15) is 0 Å². The SMILES string of the molecule is Cc1cc(CI)c(CI)s1. The molecule has 0 saturated heterocycles. The van der Waals surface area contributed by atoms with Crippen LogP contribution < -0.4 is 0 Å². The van der Waals surface area contributed by atoms with Crippen LogP contribution in [0.4, 0.5) is 0 Å². The van der Waals surface area contributed by atoms with E-state index in [1.807, 2.05) is 11.3 Å². The monoisotopic (exact) mass is 378 g/mol. The Balaban J connectivity index is 2.96. The normalized spacial score (nSPS) is 10.3. The molecule has 0 aliphatic rings. The minimum atomic E-state index is 1.15. The summed E-state index contributed by atoms with van der Waals surface area (Å²) >= 11 is 6.77. The van der Waals surface area contributed by atoms with Gasteiger partial charge in [0.1, 0.15) is 0 Å². The van der Waals surface area contributed by atoms with Crippen molar-refractivity contribution in [2.45, 2.75) is 15.8 Å². The lowest BCUT2D eigenvalue weighted by Crippen LogP contribution is -1.75. The fourth-order valence-corrected chi connectivity index (χ4v) is 3.64. The van der Waals surface area contributed by atoms with E-state index in [0.29, 0.717) is 0 Å². The van der Waals surface area contributed by atoms with Gasteiger partial charge < -0.3 is 0 Å². The topological polar surface area (TPSA) is 0 Å². The number of halogens is 2. The lowest BCUT2D eigenvalue weighted by atomic mass is 10.3. The molecule has 0 fully saturated rings. The maximum Gasteiger partial charge on any atom is 0.0344 e. The summed E-state index contributed by atoms with van der Waals surface area (Å²) in [6, 6.07) is 2.30. The molecule has 0 radical (unpaired) electrons. The van der Waals surface area contributed by atoms with Gasteiger partial charge >= 0.3 is 0 Å². The van der Waals surface area contributed by atoms with Gasteiger partial charge in [0.25, 0.3) is 0 Å². The molecule has 0 bridgehead atoms. The van der Waals surface area contributed by atoms with Crippen molar-refractivity contribution in [2.24, 2.45) is 0 Å². The van der Waals surface area contributed by atoms with Crippen LogP contribution in [0.1, 0.15) is 15.3 Å². The summed E-state index contributed by atoms with van der Waals surface area (Å²) in [6.07, 6.45) is 0. The van der Waals surface area contributed by atoms with Crippen LogP contribution >= 0.6 is 56.5 Å². The van der Waals surface area contributed by atoms with E-state index in [1.165, 1.54) is 10.4 Å². The molecule has 10 heavy (non-hydrogen) atoms. The fourth-order valence-electron chi connectivity index (χ4n) is 0.841. The first-order valence-electron chi connectivity index (χ1n) is 2.98. The summed E-state index contributed by atoms with van der Waals surface area (Å²) in [6.45, 7) is 2.18. The molecule has 1 rings (SSSR count). The van der Waals surface area contributed by atoms with Crippen molar-refractivity contribution < 1.29 is 0 Å². The van der Waals surface area contributed by atoms with Gasteiger partial charge in [-0.3, -0.25) is 0 Å². The maximum absolute atomic E-state index is 2.42. The second-order valence-electron chi connectivity index (χ2n) is 2.07. The van der Waals surface area contributed by atoms with Gasteiger partial charge in [-0.15, -0.1) is 11.3 Å². The quantitative estimate of drug-likeness (QED) is 0.541. The van der Waals surface area contributed by atoms with Crippen LogP contribution in [0.3, 0.4) is 0 Å². The Kier molecular flexibility index (Phi) is 3.93. The minimum absolute atomic E-state index is 1.15. The number of rotatable bonds is 2. The van der Waals surface area contributed by atoms with Crippen molar-refractivity contribution in [3.05, 3.63) is 21.4 Å². The number of thiophene rings is 1. The number of hydrogen-bond donors (Lipinski definition) is 0. The second-order valence-corrected chi connectivity index (χ2v) is 4.94. The molecule has 0 nitrogen and oxygen atoms in total. The Morgan fingerprint density at radius 3 is 2.50 bits per heavy atom. The first kappa shape index (κ1) is 9.25. The first-order valence-corrected chi connectivity index (χ1v) is 6.84. The molecule has 0 saturated carbocycles. The molecule has 3 heteroatoms. The molecule has 1 heterocycles. The highest BCUT2D eigenvalue weighted by molar-refractivity contribution is 14.1. The molecule has 56 valence electrons. The van der Waals surface area contributed by atoms with Crippen LogP contribution in [0.2, 0.25) is 0 Å². The zero-order chi connectivity index (χ0) is 7.56. The van der Waals surface area contributed by atoms with E-state index in [0.717, 1.165) is 8.86 Å². The van der Waals surface area contributed by atoms with Crippen molar-refractivity contribution >= 4 is 56.5 Å². The third-order valence-electron chi connectivity index (χ3n) is 1.29. The van der Waals surface area contributed by atoms with Gasteiger partial charge in [0.15, 0.2) is 0 Å². The predicted molar refractivity (Wildman–Crippen MR) is 64.5 cm³/mol. The molecule has 1 aromatic rings. The molecule has 0 atom stereocenters. The molecule has 0 N–H and O–H groups in total. The van der Waals surface area contributed by atoms with E-state index in [-0.39, 0.29) is 0 Å². The van der Waals surface area contributed by atoms with E-state index in [2.05, 4.69) is 58.2 Å². The van der Waals surface area contributed by atoms with Gasteiger partial charge in [-0.2, -0.15) is 0 Å². The summed E-state index contributed by atoms with van der Waals surface area (Å²) in [7, 11) is 0. The highest BCUT2D eigenvalue weighted by atomic mass is 127. The summed E-state index contributed by atoms with van der Waals surface area (Å²) in [4.78, 5) is 2.99. The number of hydrogen-bond acceptors (Lipinski definition) is 1. The van der Waals surface area contributed by atoms with Crippen molar-refractivity contribution in [2.75, 3.05) is 0 Å². The standard InChI is InChI=1S/C7H8I2S/c1-5-2-6(3-8)7(4-9)10-5/h2H,3-4H2,1H3. The average molecular weight is 378 g/mol. The summed E-state index contributed by atoms with van der Waals surface area (Å²) in [5, 5.41) is 0.